The van der Waals surface area contributed by atoms with E-state index >= 15 is 0 Å². The van der Waals surface area contributed by atoms with Crippen molar-refractivity contribution in [1.82, 2.24) is 5.32 Å². The fourth-order valence-corrected chi connectivity index (χ4v) is 3.96. The molecule has 0 fully saturated rings. The van der Waals surface area contributed by atoms with Gasteiger partial charge in [-0.1, -0.05) is 12.1 Å². The first-order valence-electron chi connectivity index (χ1n) is 9.20. The number of sulfonamides is 1. The van der Waals surface area contributed by atoms with Gasteiger partial charge in [0, 0.05) is 12.1 Å². The Morgan fingerprint density at radius 3 is 2.35 bits per heavy atom. The standard InChI is InChI=1S/C22H21FN2O5S/c1-29-17-9-12-21(30-2)15(13-17)14-24-22(26)19-5-3-4-6-20(19)25-31(27,28)18-10-7-16(23)8-11-18/h3-13,25H,14H2,1-2H3,(H,24,26). The number of rotatable bonds is 8. The number of para-hydroxylation sites is 1. The number of nitrogens with one attached hydrogen (secondary N) is 2. The predicted molar refractivity (Wildman–Crippen MR) is 114 cm³/mol. The van der Waals surface area contributed by atoms with Gasteiger partial charge in [0.05, 0.1) is 30.4 Å². The molecule has 0 atom stereocenters. The second kappa shape index (κ2) is 9.48. The summed E-state index contributed by atoms with van der Waals surface area (Å²) in [6.45, 7) is 0.137. The van der Waals surface area contributed by atoms with Gasteiger partial charge in [0.15, 0.2) is 0 Å². The highest BCUT2D eigenvalue weighted by Gasteiger charge is 2.19. The van der Waals surface area contributed by atoms with Gasteiger partial charge in [-0.2, -0.15) is 0 Å². The van der Waals surface area contributed by atoms with E-state index in [0.29, 0.717) is 17.1 Å². The maximum atomic E-state index is 13.1. The number of anilines is 1. The molecule has 0 aromatic heterocycles. The second-order valence-electron chi connectivity index (χ2n) is 6.47. The molecule has 162 valence electrons. The van der Waals surface area contributed by atoms with Gasteiger partial charge in [-0.05, 0) is 54.6 Å². The Hall–Kier alpha value is -3.59. The minimum Gasteiger partial charge on any atom is -0.497 e. The lowest BCUT2D eigenvalue weighted by Crippen LogP contribution is -2.25. The van der Waals surface area contributed by atoms with Crippen molar-refractivity contribution in [3.63, 3.8) is 0 Å². The van der Waals surface area contributed by atoms with Crippen molar-refractivity contribution in [3.8, 4) is 11.5 Å². The van der Waals surface area contributed by atoms with E-state index in [1.54, 1.807) is 30.3 Å². The fourth-order valence-electron chi connectivity index (χ4n) is 2.88. The normalized spacial score (nSPS) is 10.9. The Balaban J connectivity index is 1.80. The van der Waals surface area contributed by atoms with E-state index in [-0.39, 0.29) is 22.7 Å². The maximum Gasteiger partial charge on any atom is 0.261 e. The van der Waals surface area contributed by atoms with Crippen LogP contribution in [0.2, 0.25) is 0 Å². The Morgan fingerprint density at radius 1 is 0.968 bits per heavy atom. The molecule has 1 amide bonds. The van der Waals surface area contributed by atoms with Gasteiger partial charge in [0.1, 0.15) is 17.3 Å². The van der Waals surface area contributed by atoms with E-state index in [1.165, 1.54) is 26.4 Å². The number of benzene rings is 3. The zero-order valence-corrected chi connectivity index (χ0v) is 17.7. The largest absolute Gasteiger partial charge is 0.497 e. The van der Waals surface area contributed by atoms with E-state index in [4.69, 9.17) is 9.47 Å². The molecule has 9 heteroatoms. The van der Waals surface area contributed by atoms with E-state index in [9.17, 15) is 17.6 Å². The Morgan fingerprint density at radius 2 is 1.68 bits per heavy atom. The molecule has 3 rings (SSSR count). The molecule has 0 radical (unpaired) electrons. The van der Waals surface area contributed by atoms with Crippen LogP contribution in [0.4, 0.5) is 10.1 Å². The molecule has 31 heavy (non-hydrogen) atoms. The van der Waals surface area contributed by atoms with Crippen molar-refractivity contribution in [2.75, 3.05) is 18.9 Å². The summed E-state index contributed by atoms with van der Waals surface area (Å²) in [6, 6.07) is 15.8. The van der Waals surface area contributed by atoms with Gasteiger partial charge >= 0.3 is 0 Å². The van der Waals surface area contributed by atoms with Crippen molar-refractivity contribution < 1.29 is 27.1 Å². The lowest BCUT2D eigenvalue weighted by atomic mass is 10.1. The molecule has 0 aliphatic rings. The average molecular weight is 444 g/mol. The van der Waals surface area contributed by atoms with Crippen LogP contribution in [0.5, 0.6) is 11.5 Å². The van der Waals surface area contributed by atoms with Crippen molar-refractivity contribution in [2.24, 2.45) is 0 Å². The van der Waals surface area contributed by atoms with Crippen molar-refractivity contribution in [1.29, 1.82) is 0 Å². The number of carbonyl (C=O) groups is 1. The van der Waals surface area contributed by atoms with Crippen molar-refractivity contribution >= 4 is 21.6 Å². The molecule has 0 saturated carbocycles. The molecule has 0 saturated heterocycles. The molecule has 3 aromatic rings. The number of carbonyl (C=O) groups excluding carboxylic acids is 1. The Kier molecular flexibility index (Phi) is 6.76. The van der Waals surface area contributed by atoms with E-state index in [2.05, 4.69) is 10.0 Å². The van der Waals surface area contributed by atoms with Crippen LogP contribution >= 0.6 is 0 Å². The summed E-state index contributed by atoms with van der Waals surface area (Å²) in [5, 5.41) is 2.76. The summed E-state index contributed by atoms with van der Waals surface area (Å²) in [7, 11) is -0.950. The number of halogens is 1. The van der Waals surface area contributed by atoms with Crippen LogP contribution in [0.1, 0.15) is 15.9 Å². The monoisotopic (exact) mass is 444 g/mol. The molecule has 2 N–H and O–H groups in total. The number of hydrogen-bond donors (Lipinski definition) is 2. The summed E-state index contributed by atoms with van der Waals surface area (Å²) in [4.78, 5) is 12.7. The zero-order chi connectivity index (χ0) is 22.4. The molecule has 0 heterocycles. The molecule has 3 aromatic carbocycles. The van der Waals surface area contributed by atoms with E-state index in [0.717, 1.165) is 24.3 Å². The smallest absolute Gasteiger partial charge is 0.261 e. The molecule has 0 bridgehead atoms. The van der Waals surface area contributed by atoms with E-state index < -0.39 is 21.7 Å². The third-order valence-corrected chi connectivity index (χ3v) is 5.85. The maximum absolute atomic E-state index is 13.1. The summed E-state index contributed by atoms with van der Waals surface area (Å²) in [5.41, 5.74) is 0.927. The highest BCUT2D eigenvalue weighted by molar-refractivity contribution is 7.92. The molecule has 7 nitrogen and oxygen atoms in total. The van der Waals surface area contributed by atoms with Crippen LogP contribution in [0.3, 0.4) is 0 Å². The van der Waals surface area contributed by atoms with Crippen LogP contribution in [0, 0.1) is 5.82 Å². The first-order valence-corrected chi connectivity index (χ1v) is 10.7. The fraction of sp³-hybridized carbons (Fsp3) is 0.136. The summed E-state index contributed by atoms with van der Waals surface area (Å²) in [6.07, 6.45) is 0. The molecule has 0 unspecified atom stereocenters. The summed E-state index contributed by atoms with van der Waals surface area (Å²) in [5.74, 6) is 0.151. The van der Waals surface area contributed by atoms with E-state index in [1.807, 2.05) is 0 Å². The molecule has 0 aliphatic heterocycles. The lowest BCUT2D eigenvalue weighted by Gasteiger charge is -2.14. The van der Waals surface area contributed by atoms with Crippen molar-refractivity contribution in [2.45, 2.75) is 11.4 Å². The van der Waals surface area contributed by atoms with Gasteiger partial charge in [0.25, 0.3) is 15.9 Å². The van der Waals surface area contributed by atoms with Crippen molar-refractivity contribution in [3.05, 3.63) is 83.7 Å². The lowest BCUT2D eigenvalue weighted by molar-refractivity contribution is 0.0951. The quantitative estimate of drug-likeness (QED) is 0.554. The van der Waals surface area contributed by atoms with Gasteiger partial charge in [0.2, 0.25) is 0 Å². The third-order valence-electron chi connectivity index (χ3n) is 4.47. The minimum absolute atomic E-state index is 0.0990. The summed E-state index contributed by atoms with van der Waals surface area (Å²) < 4.78 is 51.3. The number of hydrogen-bond acceptors (Lipinski definition) is 5. The topological polar surface area (TPSA) is 93.7 Å². The molecular weight excluding hydrogens is 423 g/mol. The SMILES string of the molecule is COc1ccc(OC)c(CNC(=O)c2ccccc2NS(=O)(=O)c2ccc(F)cc2)c1. The zero-order valence-electron chi connectivity index (χ0n) is 16.9. The first-order chi connectivity index (χ1) is 14.8. The number of amides is 1. The third kappa shape index (κ3) is 5.32. The first kappa shape index (κ1) is 22.1. The van der Waals surface area contributed by atoms with Crippen LogP contribution in [0.15, 0.2) is 71.6 Å². The Labute approximate surface area is 179 Å². The van der Waals surface area contributed by atoms with Crippen LogP contribution < -0.4 is 19.5 Å². The van der Waals surface area contributed by atoms with Crippen LogP contribution in [-0.4, -0.2) is 28.5 Å². The number of methoxy groups -OCH3 is 2. The van der Waals surface area contributed by atoms with Gasteiger partial charge in [-0.25, -0.2) is 12.8 Å². The highest BCUT2D eigenvalue weighted by atomic mass is 32.2. The van der Waals surface area contributed by atoms with Gasteiger partial charge in [-0.15, -0.1) is 0 Å². The molecule has 0 aliphatic carbocycles. The predicted octanol–water partition coefficient (Wildman–Crippen LogP) is 3.57. The van der Waals surface area contributed by atoms with Gasteiger partial charge in [-0.3, -0.25) is 9.52 Å². The number of ether oxygens (including phenoxy) is 2. The van der Waals surface area contributed by atoms with Crippen LogP contribution in [0.25, 0.3) is 0 Å². The summed E-state index contributed by atoms with van der Waals surface area (Å²) >= 11 is 0. The second-order valence-corrected chi connectivity index (χ2v) is 8.15. The minimum atomic E-state index is -4.01. The Bertz CT molecular complexity index is 1180. The van der Waals surface area contributed by atoms with Gasteiger partial charge < -0.3 is 14.8 Å². The van der Waals surface area contributed by atoms with Crippen LogP contribution in [-0.2, 0) is 16.6 Å². The highest BCUT2D eigenvalue weighted by Crippen LogP contribution is 2.25. The molecule has 0 spiro atoms. The average Bonchev–Trinajstić information content (AvgIpc) is 2.77. The molecular formula is C22H21FN2O5S.